The number of nitrogens with one attached hydrogen (secondary N) is 2. The van der Waals surface area contributed by atoms with Gasteiger partial charge >= 0.3 is 12.0 Å². The van der Waals surface area contributed by atoms with E-state index in [9.17, 15) is 9.59 Å². The van der Waals surface area contributed by atoms with E-state index >= 15 is 0 Å². The van der Waals surface area contributed by atoms with Gasteiger partial charge in [-0.1, -0.05) is 25.5 Å². The molecule has 0 aliphatic heterocycles. The zero-order chi connectivity index (χ0) is 13.8. The maximum atomic E-state index is 11.6. The lowest BCUT2D eigenvalue weighted by Crippen LogP contribution is -2.21. The molecule has 10 heteroatoms. The largest absolute Gasteiger partial charge is 0.478 e. The molecule has 8 nitrogen and oxygen atoms in total. The molecule has 2 amide bonds. The van der Waals surface area contributed by atoms with Crippen molar-refractivity contribution in [3.63, 3.8) is 0 Å². The molecule has 0 aliphatic rings. The van der Waals surface area contributed by atoms with Crippen LogP contribution in [0.4, 0.5) is 15.6 Å². The van der Waals surface area contributed by atoms with Crippen LogP contribution in [0.2, 0.25) is 0 Å². The Labute approximate surface area is 119 Å². The standard InChI is InChI=1S/C9H6BrN5O3S/c10-4-1-2-6(5(3-4)7(16)17)11-8(18)12-9-13-14-15-19-9/h1-3H,(H,16,17)(H2,11,12,13,15,18). The minimum absolute atomic E-state index is 0.0279. The smallest absolute Gasteiger partial charge is 0.337 e. The average molecular weight is 344 g/mol. The predicted octanol–water partition coefficient (Wildman–Crippen LogP) is 2.04. The Hall–Kier alpha value is -2.07. The minimum atomic E-state index is -1.14. The molecular formula is C9H6BrN5O3S. The third kappa shape index (κ3) is 3.45. The molecule has 19 heavy (non-hydrogen) atoms. The average Bonchev–Trinajstić information content (AvgIpc) is 2.83. The van der Waals surface area contributed by atoms with E-state index in [1.54, 1.807) is 6.07 Å². The van der Waals surface area contributed by atoms with E-state index in [1.165, 1.54) is 12.1 Å². The Morgan fingerprint density at radius 1 is 1.32 bits per heavy atom. The van der Waals surface area contributed by atoms with Crippen LogP contribution in [0.3, 0.4) is 0 Å². The first kappa shape index (κ1) is 13.4. The van der Waals surface area contributed by atoms with Crippen LogP contribution in [0.1, 0.15) is 10.4 Å². The molecule has 0 radical (unpaired) electrons. The number of carbonyl (C=O) groups is 2. The number of benzene rings is 1. The number of anilines is 2. The first-order valence-corrected chi connectivity index (χ1v) is 6.39. The second-order valence-electron chi connectivity index (χ2n) is 3.24. The molecule has 1 aromatic carbocycles. The topological polar surface area (TPSA) is 117 Å². The van der Waals surface area contributed by atoms with Crippen molar-refractivity contribution in [2.24, 2.45) is 0 Å². The summed E-state index contributed by atoms with van der Waals surface area (Å²) >= 11 is 4.07. The molecule has 0 unspecified atom stereocenters. The molecular weight excluding hydrogens is 338 g/mol. The summed E-state index contributed by atoms with van der Waals surface area (Å²) in [6.07, 6.45) is 0. The Balaban J connectivity index is 2.14. The van der Waals surface area contributed by atoms with Crippen LogP contribution in [0.5, 0.6) is 0 Å². The predicted molar refractivity (Wildman–Crippen MR) is 71.4 cm³/mol. The van der Waals surface area contributed by atoms with Crippen LogP contribution in [0.15, 0.2) is 22.7 Å². The van der Waals surface area contributed by atoms with Crippen molar-refractivity contribution in [1.29, 1.82) is 0 Å². The highest BCUT2D eigenvalue weighted by Gasteiger charge is 2.13. The van der Waals surface area contributed by atoms with Gasteiger partial charge < -0.3 is 10.4 Å². The third-order valence-corrected chi connectivity index (χ3v) is 2.98. The number of urea groups is 1. The van der Waals surface area contributed by atoms with Gasteiger partial charge in [0, 0.05) is 16.0 Å². The van der Waals surface area contributed by atoms with Crippen LogP contribution in [-0.4, -0.2) is 31.9 Å². The Morgan fingerprint density at radius 2 is 2.11 bits per heavy atom. The maximum Gasteiger partial charge on any atom is 0.337 e. The molecule has 0 atom stereocenters. The Kier molecular flexibility index (Phi) is 4.02. The van der Waals surface area contributed by atoms with Crippen molar-refractivity contribution >= 4 is 50.3 Å². The number of amides is 2. The van der Waals surface area contributed by atoms with Gasteiger partial charge in [-0.15, -0.1) is 0 Å². The molecule has 0 saturated heterocycles. The van der Waals surface area contributed by atoms with Crippen molar-refractivity contribution < 1.29 is 14.7 Å². The number of halogens is 1. The summed E-state index contributed by atoms with van der Waals surface area (Å²) in [5, 5.41) is 20.9. The summed E-state index contributed by atoms with van der Waals surface area (Å²) in [4.78, 5) is 22.7. The van der Waals surface area contributed by atoms with Gasteiger partial charge in [0.25, 0.3) is 0 Å². The SMILES string of the molecule is O=C(Nc1nnns1)Nc1ccc(Br)cc1C(=O)O. The zero-order valence-electron chi connectivity index (χ0n) is 9.12. The van der Waals surface area contributed by atoms with E-state index in [0.29, 0.717) is 4.47 Å². The van der Waals surface area contributed by atoms with Gasteiger partial charge in [-0.25, -0.2) is 9.59 Å². The molecule has 0 saturated carbocycles. The summed E-state index contributed by atoms with van der Waals surface area (Å²) in [7, 11) is 0. The van der Waals surface area contributed by atoms with Gasteiger partial charge in [0.1, 0.15) is 0 Å². The lowest BCUT2D eigenvalue weighted by atomic mass is 10.2. The maximum absolute atomic E-state index is 11.6. The van der Waals surface area contributed by atoms with Gasteiger partial charge in [0.05, 0.1) is 11.3 Å². The van der Waals surface area contributed by atoms with E-state index in [-0.39, 0.29) is 16.4 Å². The Morgan fingerprint density at radius 3 is 2.74 bits per heavy atom. The van der Waals surface area contributed by atoms with Gasteiger partial charge in [0.15, 0.2) is 0 Å². The fourth-order valence-electron chi connectivity index (χ4n) is 1.23. The number of carboxylic acid groups (broad SMARTS) is 1. The number of hydrogen-bond donors (Lipinski definition) is 3. The first-order valence-electron chi connectivity index (χ1n) is 4.82. The summed E-state index contributed by atoms with van der Waals surface area (Å²) in [5.41, 5.74) is 0.144. The highest BCUT2D eigenvalue weighted by Crippen LogP contribution is 2.21. The first-order chi connectivity index (χ1) is 9.06. The highest BCUT2D eigenvalue weighted by atomic mass is 79.9. The lowest BCUT2D eigenvalue weighted by Gasteiger charge is -2.08. The fourth-order valence-corrected chi connectivity index (χ4v) is 1.96. The zero-order valence-corrected chi connectivity index (χ0v) is 11.5. The number of carbonyl (C=O) groups excluding carboxylic acids is 1. The summed E-state index contributed by atoms with van der Waals surface area (Å²) in [5.74, 6) is -1.14. The van der Waals surface area contributed by atoms with Gasteiger partial charge in [-0.05, 0) is 23.4 Å². The van der Waals surface area contributed by atoms with Crippen LogP contribution in [0, 0.1) is 0 Å². The van der Waals surface area contributed by atoms with Crippen molar-refractivity contribution in [3.05, 3.63) is 28.2 Å². The molecule has 1 heterocycles. The Bertz CT molecular complexity index is 618. The molecule has 0 aliphatic carbocycles. The van der Waals surface area contributed by atoms with Crippen LogP contribution >= 0.6 is 27.5 Å². The van der Waals surface area contributed by atoms with E-state index in [0.717, 1.165) is 11.5 Å². The molecule has 0 bridgehead atoms. The van der Waals surface area contributed by atoms with Crippen molar-refractivity contribution in [2.75, 3.05) is 10.6 Å². The normalized spacial score (nSPS) is 9.95. The van der Waals surface area contributed by atoms with Gasteiger partial charge in [-0.3, -0.25) is 5.32 Å². The van der Waals surface area contributed by atoms with E-state index in [4.69, 9.17) is 5.11 Å². The molecule has 2 aromatic rings. The molecule has 98 valence electrons. The second kappa shape index (κ2) is 5.71. The van der Waals surface area contributed by atoms with Crippen LogP contribution in [0.25, 0.3) is 0 Å². The van der Waals surface area contributed by atoms with E-state index in [2.05, 4.69) is 41.4 Å². The number of carboxylic acids is 1. The molecule has 3 N–H and O–H groups in total. The fraction of sp³-hybridized carbons (Fsp3) is 0. The van der Waals surface area contributed by atoms with Crippen molar-refractivity contribution in [1.82, 2.24) is 14.8 Å². The molecule has 0 spiro atoms. The molecule has 2 rings (SSSR count). The number of aromatic nitrogens is 3. The third-order valence-electron chi connectivity index (χ3n) is 1.98. The van der Waals surface area contributed by atoms with Gasteiger partial charge in [0.2, 0.25) is 5.13 Å². The number of nitrogens with zero attached hydrogens (tertiary/aromatic N) is 3. The molecule has 1 aromatic heterocycles. The van der Waals surface area contributed by atoms with E-state index in [1.807, 2.05) is 0 Å². The number of hydrogen-bond acceptors (Lipinski definition) is 6. The summed E-state index contributed by atoms with van der Waals surface area (Å²) in [6, 6.07) is 3.87. The van der Waals surface area contributed by atoms with Gasteiger partial charge in [-0.2, -0.15) is 0 Å². The van der Waals surface area contributed by atoms with E-state index < -0.39 is 12.0 Å². The van der Waals surface area contributed by atoms with Crippen LogP contribution in [-0.2, 0) is 0 Å². The van der Waals surface area contributed by atoms with Crippen LogP contribution < -0.4 is 10.6 Å². The number of aromatic carboxylic acids is 1. The monoisotopic (exact) mass is 343 g/mol. The molecule has 0 fully saturated rings. The summed E-state index contributed by atoms with van der Waals surface area (Å²) in [6.45, 7) is 0. The number of rotatable bonds is 3. The lowest BCUT2D eigenvalue weighted by molar-refractivity contribution is 0.0698. The minimum Gasteiger partial charge on any atom is -0.478 e. The summed E-state index contributed by atoms with van der Waals surface area (Å²) < 4.78 is 4.08. The second-order valence-corrected chi connectivity index (χ2v) is 4.89. The van der Waals surface area contributed by atoms with Crippen molar-refractivity contribution in [2.45, 2.75) is 0 Å². The van der Waals surface area contributed by atoms with Crippen molar-refractivity contribution in [3.8, 4) is 0 Å². The highest BCUT2D eigenvalue weighted by molar-refractivity contribution is 9.10. The quantitative estimate of drug-likeness (QED) is 0.784.